The predicted octanol–water partition coefficient (Wildman–Crippen LogP) is 2.31. The van der Waals surface area contributed by atoms with E-state index in [1.807, 2.05) is 0 Å². The molecule has 2 N–H and O–H groups in total. The number of nitrogens with zero attached hydrogens (tertiary/aromatic N) is 3. The van der Waals surface area contributed by atoms with Crippen LogP contribution >= 0.6 is 11.3 Å². The van der Waals surface area contributed by atoms with Crippen molar-refractivity contribution in [2.45, 2.75) is 38.3 Å². The molecule has 3 heterocycles. The van der Waals surface area contributed by atoms with Crippen LogP contribution in [0.25, 0.3) is 0 Å². The van der Waals surface area contributed by atoms with E-state index in [2.05, 4.69) is 34.2 Å². The number of rotatable bonds is 4. The smallest absolute Gasteiger partial charge is 0.191 e. The van der Waals surface area contributed by atoms with E-state index in [4.69, 9.17) is 15.5 Å². The Kier molecular flexibility index (Phi) is 5.91. The summed E-state index contributed by atoms with van der Waals surface area (Å²) in [7, 11) is 0. The van der Waals surface area contributed by atoms with Crippen LogP contribution in [0.2, 0.25) is 0 Å². The van der Waals surface area contributed by atoms with Crippen molar-refractivity contribution >= 4 is 17.3 Å². The molecule has 2 unspecified atom stereocenters. The lowest BCUT2D eigenvalue weighted by Gasteiger charge is -2.36. The van der Waals surface area contributed by atoms with Gasteiger partial charge in [0.2, 0.25) is 0 Å². The standard InChI is InChI=1S/C17H28N4OS/c1-14-13-21(9-10-22-14)15(16-6-5-11-23-16)12-19-17(18)20-7-3-2-4-8-20/h5-6,11,14-15H,2-4,7-10,12-13H2,1H3,(H2,18,19). The van der Waals surface area contributed by atoms with Gasteiger partial charge in [0.1, 0.15) is 0 Å². The molecule has 2 aliphatic heterocycles. The summed E-state index contributed by atoms with van der Waals surface area (Å²) in [4.78, 5) is 10.8. The van der Waals surface area contributed by atoms with Gasteiger partial charge in [0.15, 0.2) is 5.96 Å². The number of hydrogen-bond donors (Lipinski definition) is 1. The molecule has 1 aromatic heterocycles. The van der Waals surface area contributed by atoms with Crippen molar-refractivity contribution in [1.29, 1.82) is 0 Å². The maximum atomic E-state index is 6.24. The first-order chi connectivity index (χ1) is 11.2. The Morgan fingerprint density at radius 1 is 1.39 bits per heavy atom. The highest BCUT2D eigenvalue weighted by Gasteiger charge is 2.26. The molecule has 128 valence electrons. The van der Waals surface area contributed by atoms with E-state index in [0.717, 1.165) is 39.3 Å². The molecular formula is C17H28N4OS. The van der Waals surface area contributed by atoms with Crippen LogP contribution in [0.5, 0.6) is 0 Å². The molecule has 0 radical (unpaired) electrons. The van der Waals surface area contributed by atoms with Gasteiger partial charge in [-0.3, -0.25) is 9.89 Å². The van der Waals surface area contributed by atoms with E-state index in [0.29, 0.717) is 12.0 Å². The SMILES string of the molecule is CC1CN(C(CN=C(N)N2CCCCC2)c2cccs2)CCO1. The van der Waals surface area contributed by atoms with Gasteiger partial charge in [-0.25, -0.2) is 0 Å². The fourth-order valence-electron chi connectivity index (χ4n) is 3.40. The molecule has 0 aliphatic carbocycles. The average Bonchev–Trinajstić information content (AvgIpc) is 3.10. The van der Waals surface area contributed by atoms with Crippen LogP contribution in [0.1, 0.15) is 37.1 Å². The Morgan fingerprint density at radius 2 is 2.22 bits per heavy atom. The lowest BCUT2D eigenvalue weighted by atomic mass is 10.1. The first kappa shape index (κ1) is 16.7. The van der Waals surface area contributed by atoms with E-state index >= 15 is 0 Å². The Balaban J connectivity index is 1.68. The van der Waals surface area contributed by atoms with E-state index in [-0.39, 0.29) is 6.10 Å². The van der Waals surface area contributed by atoms with E-state index in [1.54, 1.807) is 11.3 Å². The first-order valence-corrected chi connectivity index (χ1v) is 9.56. The zero-order valence-electron chi connectivity index (χ0n) is 14.0. The Bertz CT molecular complexity index is 499. The van der Waals surface area contributed by atoms with Crippen LogP contribution in [0, 0.1) is 0 Å². The van der Waals surface area contributed by atoms with E-state index < -0.39 is 0 Å². The molecule has 0 spiro atoms. The third-order valence-corrected chi connectivity index (χ3v) is 5.66. The summed E-state index contributed by atoms with van der Waals surface area (Å²) in [6.45, 7) is 7.70. The molecule has 2 fully saturated rings. The Labute approximate surface area is 143 Å². The summed E-state index contributed by atoms with van der Waals surface area (Å²) in [6, 6.07) is 4.64. The lowest BCUT2D eigenvalue weighted by Crippen LogP contribution is -2.45. The number of likely N-dealkylation sites (tertiary alicyclic amines) is 1. The third-order valence-electron chi connectivity index (χ3n) is 4.69. The van der Waals surface area contributed by atoms with Crippen LogP contribution in [0.3, 0.4) is 0 Å². The molecule has 5 nitrogen and oxygen atoms in total. The van der Waals surface area contributed by atoms with Gasteiger partial charge < -0.3 is 15.4 Å². The number of guanidine groups is 1. The van der Waals surface area contributed by atoms with Gasteiger partial charge in [-0.15, -0.1) is 11.3 Å². The summed E-state index contributed by atoms with van der Waals surface area (Å²) in [5.41, 5.74) is 6.24. The lowest BCUT2D eigenvalue weighted by molar-refractivity contribution is -0.0327. The van der Waals surface area contributed by atoms with Gasteiger partial charge >= 0.3 is 0 Å². The Morgan fingerprint density at radius 3 is 2.91 bits per heavy atom. The monoisotopic (exact) mass is 336 g/mol. The quantitative estimate of drug-likeness (QED) is 0.677. The molecule has 2 aliphatic rings. The van der Waals surface area contributed by atoms with Crippen LogP contribution in [-0.2, 0) is 4.74 Å². The second-order valence-electron chi connectivity index (χ2n) is 6.45. The molecule has 1 aromatic rings. The van der Waals surface area contributed by atoms with Gasteiger partial charge in [-0.1, -0.05) is 6.07 Å². The second kappa shape index (κ2) is 8.13. The number of aliphatic imine (C=N–C) groups is 1. The van der Waals surface area contributed by atoms with Crippen molar-refractivity contribution in [2.24, 2.45) is 10.7 Å². The molecule has 2 atom stereocenters. The predicted molar refractivity (Wildman–Crippen MR) is 96.0 cm³/mol. The van der Waals surface area contributed by atoms with Gasteiger partial charge in [-0.2, -0.15) is 0 Å². The van der Waals surface area contributed by atoms with Gasteiger partial charge in [0.25, 0.3) is 0 Å². The van der Waals surface area contributed by atoms with Crippen LogP contribution in [-0.4, -0.2) is 61.2 Å². The topological polar surface area (TPSA) is 54.1 Å². The molecule has 6 heteroatoms. The minimum Gasteiger partial charge on any atom is -0.376 e. The molecule has 2 saturated heterocycles. The molecule has 0 bridgehead atoms. The highest BCUT2D eigenvalue weighted by atomic mass is 32.1. The second-order valence-corrected chi connectivity index (χ2v) is 7.43. The third kappa shape index (κ3) is 4.46. The highest BCUT2D eigenvalue weighted by molar-refractivity contribution is 7.10. The minimum absolute atomic E-state index is 0.287. The van der Waals surface area contributed by atoms with Crippen molar-refractivity contribution in [3.05, 3.63) is 22.4 Å². The summed E-state index contributed by atoms with van der Waals surface area (Å²) < 4.78 is 5.69. The van der Waals surface area contributed by atoms with Crippen molar-refractivity contribution in [3.8, 4) is 0 Å². The molecule has 23 heavy (non-hydrogen) atoms. The molecule has 3 rings (SSSR count). The molecule has 0 aromatic carbocycles. The van der Waals surface area contributed by atoms with Crippen LogP contribution < -0.4 is 5.73 Å². The summed E-state index contributed by atoms with van der Waals surface area (Å²) in [5, 5.41) is 2.14. The van der Waals surface area contributed by atoms with Crippen molar-refractivity contribution < 1.29 is 4.74 Å². The van der Waals surface area contributed by atoms with Crippen molar-refractivity contribution in [3.63, 3.8) is 0 Å². The fraction of sp³-hybridized carbons (Fsp3) is 0.706. The average molecular weight is 337 g/mol. The maximum absolute atomic E-state index is 6.24. The number of hydrogen-bond acceptors (Lipinski definition) is 4. The van der Waals surface area contributed by atoms with Gasteiger partial charge in [0.05, 0.1) is 25.3 Å². The van der Waals surface area contributed by atoms with Crippen molar-refractivity contribution in [1.82, 2.24) is 9.80 Å². The molecular weight excluding hydrogens is 308 g/mol. The van der Waals surface area contributed by atoms with Crippen LogP contribution in [0.15, 0.2) is 22.5 Å². The number of ether oxygens (including phenoxy) is 1. The number of piperidine rings is 1. The number of nitrogens with two attached hydrogens (primary N) is 1. The van der Waals surface area contributed by atoms with E-state index in [9.17, 15) is 0 Å². The van der Waals surface area contributed by atoms with E-state index in [1.165, 1.54) is 24.1 Å². The summed E-state index contributed by atoms with van der Waals surface area (Å²) in [6.07, 6.45) is 4.05. The van der Waals surface area contributed by atoms with Gasteiger partial charge in [0, 0.05) is 31.1 Å². The van der Waals surface area contributed by atoms with Gasteiger partial charge in [-0.05, 0) is 37.6 Å². The zero-order valence-corrected chi connectivity index (χ0v) is 14.8. The Hall–Kier alpha value is -1.11. The zero-order chi connectivity index (χ0) is 16.1. The number of morpholine rings is 1. The summed E-state index contributed by atoms with van der Waals surface area (Å²) >= 11 is 1.81. The maximum Gasteiger partial charge on any atom is 0.191 e. The number of thiophene rings is 1. The largest absolute Gasteiger partial charge is 0.376 e. The molecule has 0 amide bonds. The van der Waals surface area contributed by atoms with Crippen molar-refractivity contribution in [2.75, 3.05) is 39.3 Å². The molecule has 0 saturated carbocycles. The first-order valence-electron chi connectivity index (χ1n) is 8.68. The minimum atomic E-state index is 0.287. The highest BCUT2D eigenvalue weighted by Crippen LogP contribution is 2.27. The summed E-state index contributed by atoms with van der Waals surface area (Å²) in [5.74, 6) is 0.715. The normalized spacial score (nSPS) is 25.5. The van der Waals surface area contributed by atoms with Crippen LogP contribution in [0.4, 0.5) is 0 Å². The fourth-order valence-corrected chi connectivity index (χ4v) is 4.25.